The first-order chi connectivity index (χ1) is 48.3. The van der Waals surface area contributed by atoms with Crippen LogP contribution < -0.4 is 0 Å². The van der Waals surface area contributed by atoms with Crippen molar-refractivity contribution in [2.75, 3.05) is 32.8 Å². The monoisotopic (exact) mass is 1380 g/mol. The molecule has 8 amide bonds. The summed E-state index contributed by atoms with van der Waals surface area (Å²) < 4.78 is 6.05. The van der Waals surface area contributed by atoms with Crippen molar-refractivity contribution >= 4 is 77.1 Å². The molecule has 2 spiro atoms. The molecule has 0 radical (unpaired) electrons. The van der Waals surface area contributed by atoms with Gasteiger partial charge in [0, 0.05) is 73.4 Å². The highest BCUT2D eigenvalue weighted by Gasteiger charge is 2.61. The highest BCUT2D eigenvalue weighted by Crippen LogP contribution is 2.48. The number of ketones is 1. The summed E-state index contributed by atoms with van der Waals surface area (Å²) in [5.74, 6) is -1.76. The number of fused-ring (bicyclic) bond motifs is 9. The molecule has 12 aliphatic heterocycles. The van der Waals surface area contributed by atoms with Crippen LogP contribution in [0.15, 0.2) is 121 Å². The van der Waals surface area contributed by atoms with Crippen LogP contribution >= 0.6 is 11.6 Å². The Bertz CT molecular complexity index is 3930. The third kappa shape index (κ3) is 12.0. The predicted octanol–water partition coefficient (Wildman–Crippen LogP) is 7.63. The molecule has 3 aromatic carbocycles. The summed E-state index contributed by atoms with van der Waals surface area (Å²) in [5, 5.41) is 0.538. The fourth-order valence-corrected chi connectivity index (χ4v) is 19.5. The van der Waals surface area contributed by atoms with E-state index in [1.807, 2.05) is 76.6 Å². The summed E-state index contributed by atoms with van der Waals surface area (Å²) in [6.07, 6.45) is 26.7. The van der Waals surface area contributed by atoms with Crippen molar-refractivity contribution in [1.82, 2.24) is 39.2 Å². The van der Waals surface area contributed by atoms with E-state index in [2.05, 4.69) is 62.4 Å². The smallest absolute Gasteiger partial charge is 0.410 e. The number of likely N-dealkylation sites (tertiary alicyclic amines) is 4. The average Bonchev–Trinajstić information content (AvgIpc) is 1.54. The zero-order valence-corrected chi connectivity index (χ0v) is 57.4. The maximum atomic E-state index is 14.7. The van der Waals surface area contributed by atoms with Crippen molar-refractivity contribution in [2.45, 2.75) is 201 Å². The van der Waals surface area contributed by atoms with Gasteiger partial charge in [-0.25, -0.2) is 4.79 Å². The molecular formula is C77H85ClN8O14. The normalized spacial score (nSPS) is 31.6. The van der Waals surface area contributed by atoms with Crippen molar-refractivity contribution in [3.8, 4) is 11.1 Å². The van der Waals surface area contributed by atoms with Gasteiger partial charge in [-0.2, -0.15) is 19.2 Å². The topological polar surface area (TPSA) is 257 Å². The lowest BCUT2D eigenvalue weighted by Gasteiger charge is -2.45. The Kier molecular flexibility index (Phi) is 19.8. The van der Waals surface area contributed by atoms with E-state index < -0.39 is 47.3 Å². The fraction of sp³-hybridized carbons (Fsp3) is 0.519. The number of amides is 8. The van der Waals surface area contributed by atoms with Crippen LogP contribution in [0.5, 0.6) is 0 Å². The lowest BCUT2D eigenvalue weighted by molar-refractivity contribution is -0.193. The molecule has 3 aromatic rings. The van der Waals surface area contributed by atoms with Gasteiger partial charge in [-0.1, -0.05) is 127 Å². The van der Waals surface area contributed by atoms with Gasteiger partial charge < -0.3 is 43.8 Å². The Morgan fingerprint density at radius 1 is 0.540 bits per heavy atom. The van der Waals surface area contributed by atoms with E-state index in [0.29, 0.717) is 89.0 Å². The van der Waals surface area contributed by atoms with E-state index in [4.69, 9.17) is 35.5 Å². The first-order valence-electron chi connectivity index (χ1n) is 35.6. The molecule has 16 rings (SSSR count). The minimum atomic E-state index is -1.20. The molecule has 0 N–H and O–H groups in total. The van der Waals surface area contributed by atoms with Gasteiger partial charge in [-0.3, -0.25) is 38.5 Å². The molecule has 12 heterocycles. The second-order valence-corrected chi connectivity index (χ2v) is 29.5. The van der Waals surface area contributed by atoms with Crippen molar-refractivity contribution in [3.05, 3.63) is 143 Å². The van der Waals surface area contributed by atoms with Crippen molar-refractivity contribution in [3.63, 3.8) is 0 Å². The van der Waals surface area contributed by atoms with Crippen molar-refractivity contribution in [2.24, 2.45) is 17.8 Å². The number of carbonyl (C=O) groups excluding carboxylic acids is 13. The van der Waals surface area contributed by atoms with Gasteiger partial charge in [0.15, 0.2) is 0 Å². The van der Waals surface area contributed by atoms with Crippen LogP contribution in [0.1, 0.15) is 140 Å². The zero-order valence-electron chi connectivity index (χ0n) is 56.7. The Hall–Kier alpha value is -9.10. The summed E-state index contributed by atoms with van der Waals surface area (Å²) >= 11 is 6.44. The van der Waals surface area contributed by atoms with E-state index in [1.165, 1.54) is 6.92 Å². The van der Waals surface area contributed by atoms with Gasteiger partial charge in [-0.15, -0.1) is 0 Å². The maximum absolute atomic E-state index is 14.7. The second kappa shape index (κ2) is 28.5. The van der Waals surface area contributed by atoms with Gasteiger partial charge >= 0.3 is 18.4 Å². The Morgan fingerprint density at radius 2 is 0.980 bits per heavy atom. The molecule has 0 bridgehead atoms. The van der Waals surface area contributed by atoms with E-state index in [-0.39, 0.29) is 126 Å². The molecule has 8 saturated heterocycles. The lowest BCUT2D eigenvalue weighted by atomic mass is 9.86. The Morgan fingerprint density at radius 3 is 1.47 bits per heavy atom. The van der Waals surface area contributed by atoms with Crippen LogP contribution in [0, 0.1) is 17.8 Å². The SMILES string of the molecule is CC(=O)CC(Cc1ccccc1Cl)C(=O)N1CCC[C@]12C=C[C@@H]1CC[C@@H](C(=O)N3CC[C@@H]4C=C[C@H]5CC[C@@H](C)N5C(=O)[C@H]43)N1C2=O.C[C@@H]1CC[C@@H]2C=C[C@H]3CCN(C(=O)[C@@H]4CC[C@H]5C=C[C@]6(CCCN6C(=O)OCC6c7ccccc7-c7ccccc76)C(=O)N54)[C@@H]3C(=O)N12.O=C=O.O=C=O. The average molecular weight is 1380 g/mol. The van der Waals surface area contributed by atoms with Crippen LogP contribution in [0.3, 0.4) is 0 Å². The molecule has 1 unspecified atom stereocenters. The largest absolute Gasteiger partial charge is 0.448 e. The van der Waals surface area contributed by atoms with Crippen LogP contribution in [-0.4, -0.2) is 209 Å². The number of hydrogen-bond donors (Lipinski definition) is 0. The third-order valence-corrected chi connectivity index (χ3v) is 24.2. The minimum Gasteiger partial charge on any atom is -0.448 e. The van der Waals surface area contributed by atoms with Gasteiger partial charge in [0.05, 0.1) is 24.2 Å². The van der Waals surface area contributed by atoms with Gasteiger partial charge in [0.1, 0.15) is 47.6 Å². The first kappa shape index (κ1) is 69.4. The summed E-state index contributed by atoms with van der Waals surface area (Å²) in [5.41, 5.74) is 3.02. The lowest BCUT2D eigenvalue weighted by Crippen LogP contribution is -2.64. The molecular weight excluding hydrogens is 1300 g/mol. The Labute approximate surface area is 586 Å². The Balaban J connectivity index is 0.000000166. The number of nitrogens with zero attached hydrogens (tertiary/aromatic N) is 8. The second-order valence-electron chi connectivity index (χ2n) is 29.1. The number of carbonyl (C=O) groups is 9. The highest BCUT2D eigenvalue weighted by molar-refractivity contribution is 6.31. The van der Waals surface area contributed by atoms with Gasteiger partial charge in [-0.05, 0) is 151 Å². The van der Waals surface area contributed by atoms with E-state index in [0.717, 1.165) is 66.3 Å². The molecule has 0 saturated carbocycles. The summed E-state index contributed by atoms with van der Waals surface area (Å²) in [6, 6.07) is 21.4. The number of hydrogen-bond acceptors (Lipinski definition) is 14. The maximum Gasteiger partial charge on any atom is 0.410 e. The van der Waals surface area contributed by atoms with Crippen LogP contribution in [-0.2, 0) is 68.7 Å². The predicted molar refractivity (Wildman–Crippen MR) is 361 cm³/mol. The number of ether oxygens (including phenoxy) is 1. The first-order valence-corrected chi connectivity index (χ1v) is 36.0. The number of rotatable bonds is 9. The molecule has 22 nitrogen and oxygen atoms in total. The van der Waals surface area contributed by atoms with Gasteiger partial charge in [0.25, 0.3) is 11.8 Å². The van der Waals surface area contributed by atoms with Crippen LogP contribution in [0.4, 0.5) is 4.79 Å². The zero-order chi connectivity index (χ0) is 70.5. The van der Waals surface area contributed by atoms with Crippen molar-refractivity contribution < 1.29 is 67.1 Å². The number of Topliss-reactive ketones (excluding diaryl/α,β-unsaturated/α-hetero) is 1. The third-order valence-electron chi connectivity index (χ3n) is 23.9. The van der Waals surface area contributed by atoms with E-state index >= 15 is 0 Å². The molecule has 0 aromatic heterocycles. The van der Waals surface area contributed by atoms with E-state index in [1.54, 1.807) is 35.5 Å². The molecule has 100 heavy (non-hydrogen) atoms. The molecule has 8 fully saturated rings. The summed E-state index contributed by atoms with van der Waals surface area (Å²) in [4.78, 5) is 173. The van der Waals surface area contributed by atoms with Crippen LogP contribution in [0.2, 0.25) is 5.02 Å². The molecule has 524 valence electrons. The van der Waals surface area contributed by atoms with E-state index in [9.17, 15) is 43.2 Å². The van der Waals surface area contributed by atoms with Crippen LogP contribution in [0.25, 0.3) is 11.1 Å². The summed E-state index contributed by atoms with van der Waals surface area (Å²) in [7, 11) is 0. The number of benzene rings is 3. The molecule has 1 aliphatic carbocycles. The summed E-state index contributed by atoms with van der Waals surface area (Å²) in [6.45, 7) is 7.64. The fourth-order valence-electron chi connectivity index (χ4n) is 19.3. The quantitative estimate of drug-likeness (QED) is 0.187. The minimum absolute atomic E-state index is 0.00126. The van der Waals surface area contributed by atoms with Gasteiger partial charge in [0.2, 0.25) is 29.5 Å². The standard InChI is InChI=1S/C39H42N4O5.C36H43ClN4O5.2CO2/c1-24-11-13-26-14-12-25-18-22-40(34(25)36(45)42(24)26)35(44)33-16-15-27-17-20-39(37(46)43(27)33)19-6-21-41(39)38(47)48-23-32-30-9-4-2-7-28(30)29-8-3-5-10-31(29)32;1-22-8-10-27-11-9-24-15-19-38(31(24)34(45)40(22)27)33(44)30-13-12-28-14-17-36(35(46)41(28)30)16-5-18-39(36)32(43)26(20-23(2)42)21-25-6-3-4-7-29(25)37;2*2-1-3/h2-5,7-10,12,14,17,20,24-27,32-34H,6,11,13,15-16,18-19,21-23H2,1H3;3-4,6-7,9,11,14,17,22,24,26-28,30-31H,5,8,10,12-13,15-16,18-21H2,1-2H3;;/t24-,25+,26-,27+,33+,34+,39-;22-,24+,26?,27-,28+,30+,31+,36-;;/m11../s1. The molecule has 23 heteroatoms. The molecule has 13 aliphatic rings. The highest BCUT2D eigenvalue weighted by atomic mass is 35.5. The number of halogens is 1. The molecule has 15 atom stereocenters. The van der Waals surface area contributed by atoms with Crippen molar-refractivity contribution in [1.29, 1.82) is 0 Å².